The third kappa shape index (κ3) is 1.27. The van der Waals surface area contributed by atoms with E-state index in [1.807, 2.05) is 0 Å². The van der Waals surface area contributed by atoms with Gasteiger partial charge in [0.25, 0.3) is 11.8 Å². The van der Waals surface area contributed by atoms with Gasteiger partial charge in [0.05, 0.1) is 0 Å². The molecule has 0 aromatic heterocycles. The fraction of sp³-hybridized carbons (Fsp3) is 0.636. The maximum atomic E-state index is 11.4. The molecule has 2 rings (SSSR count). The summed E-state index contributed by atoms with van der Waals surface area (Å²) in [5.41, 5.74) is 0. The van der Waals surface area contributed by atoms with Crippen LogP contribution in [0.4, 0.5) is 0 Å². The fourth-order valence-electron chi connectivity index (χ4n) is 2.44. The number of carbonyl (C=O) groups is 2. The lowest BCUT2D eigenvalue weighted by Crippen LogP contribution is -2.42. The first-order valence-electron chi connectivity index (χ1n) is 5.16. The lowest BCUT2D eigenvalue weighted by Gasteiger charge is -2.26. The first kappa shape index (κ1) is 9.44. The van der Waals surface area contributed by atoms with E-state index in [0.29, 0.717) is 11.8 Å². The molecule has 1 fully saturated rings. The van der Waals surface area contributed by atoms with Gasteiger partial charge in [-0.2, -0.15) is 0 Å². The van der Waals surface area contributed by atoms with E-state index in [4.69, 9.17) is 0 Å². The highest BCUT2D eigenvalue weighted by atomic mass is 16.2. The maximum absolute atomic E-state index is 11.4. The van der Waals surface area contributed by atoms with E-state index in [0.717, 1.165) is 12.8 Å². The molecular formula is C11H15NO2. The second-order valence-corrected chi connectivity index (χ2v) is 4.36. The van der Waals surface area contributed by atoms with Crippen molar-refractivity contribution in [1.29, 1.82) is 0 Å². The van der Waals surface area contributed by atoms with E-state index in [2.05, 4.69) is 13.8 Å². The van der Waals surface area contributed by atoms with Crippen LogP contribution in [-0.2, 0) is 9.59 Å². The van der Waals surface area contributed by atoms with Crippen LogP contribution in [0.25, 0.3) is 0 Å². The average Bonchev–Trinajstić information content (AvgIpc) is 2.62. The molecule has 0 aromatic carbocycles. The molecule has 0 bridgehead atoms. The SMILES string of the molecule is CC1CCC(N2C(=O)C=CC2=O)C1C. The third-order valence-electron chi connectivity index (χ3n) is 3.60. The molecule has 0 N–H and O–H groups in total. The highest BCUT2D eigenvalue weighted by molar-refractivity contribution is 6.13. The summed E-state index contributed by atoms with van der Waals surface area (Å²) in [4.78, 5) is 24.3. The van der Waals surface area contributed by atoms with E-state index in [1.165, 1.54) is 17.1 Å². The van der Waals surface area contributed by atoms with Gasteiger partial charge in [-0.3, -0.25) is 14.5 Å². The summed E-state index contributed by atoms with van der Waals surface area (Å²) >= 11 is 0. The van der Waals surface area contributed by atoms with Crippen LogP contribution in [0, 0.1) is 11.8 Å². The Morgan fingerprint density at radius 1 is 1.14 bits per heavy atom. The van der Waals surface area contributed by atoms with Gasteiger partial charge in [0.2, 0.25) is 0 Å². The molecule has 2 aliphatic rings. The van der Waals surface area contributed by atoms with Gasteiger partial charge in [-0.25, -0.2) is 0 Å². The molecule has 14 heavy (non-hydrogen) atoms. The second kappa shape index (κ2) is 3.23. The van der Waals surface area contributed by atoms with Crippen molar-refractivity contribution in [1.82, 2.24) is 4.90 Å². The number of hydrogen-bond acceptors (Lipinski definition) is 2. The van der Waals surface area contributed by atoms with E-state index in [9.17, 15) is 9.59 Å². The Hall–Kier alpha value is -1.12. The van der Waals surface area contributed by atoms with Gasteiger partial charge in [-0.15, -0.1) is 0 Å². The Kier molecular flexibility index (Phi) is 2.17. The summed E-state index contributed by atoms with van der Waals surface area (Å²) in [5.74, 6) is 0.769. The van der Waals surface area contributed by atoms with Crippen molar-refractivity contribution in [3.05, 3.63) is 12.2 Å². The normalized spacial score (nSPS) is 37.3. The van der Waals surface area contributed by atoms with Crippen molar-refractivity contribution in [2.45, 2.75) is 32.7 Å². The van der Waals surface area contributed by atoms with E-state index in [-0.39, 0.29) is 17.9 Å². The van der Waals surface area contributed by atoms with Crippen LogP contribution in [0.15, 0.2) is 12.2 Å². The summed E-state index contributed by atoms with van der Waals surface area (Å²) in [7, 11) is 0. The van der Waals surface area contributed by atoms with Gasteiger partial charge >= 0.3 is 0 Å². The van der Waals surface area contributed by atoms with Crippen molar-refractivity contribution in [2.75, 3.05) is 0 Å². The maximum Gasteiger partial charge on any atom is 0.253 e. The predicted octanol–water partition coefficient (Wildman–Crippen LogP) is 1.35. The summed E-state index contributed by atoms with van der Waals surface area (Å²) in [6.07, 6.45) is 4.82. The minimum Gasteiger partial charge on any atom is -0.272 e. The lowest BCUT2D eigenvalue weighted by atomic mass is 9.97. The van der Waals surface area contributed by atoms with Crippen molar-refractivity contribution in [3.8, 4) is 0 Å². The van der Waals surface area contributed by atoms with Crippen molar-refractivity contribution in [2.24, 2.45) is 11.8 Å². The van der Waals surface area contributed by atoms with E-state index >= 15 is 0 Å². The molecule has 3 atom stereocenters. The van der Waals surface area contributed by atoms with Crippen molar-refractivity contribution in [3.63, 3.8) is 0 Å². The first-order chi connectivity index (χ1) is 6.61. The van der Waals surface area contributed by atoms with Gasteiger partial charge in [-0.1, -0.05) is 13.8 Å². The summed E-state index contributed by atoms with van der Waals surface area (Å²) in [6, 6.07) is 0.125. The van der Waals surface area contributed by atoms with Gasteiger partial charge in [-0.05, 0) is 24.7 Å². The summed E-state index contributed by atoms with van der Waals surface area (Å²) in [6.45, 7) is 4.31. The first-order valence-corrected chi connectivity index (χ1v) is 5.16. The quantitative estimate of drug-likeness (QED) is 0.589. The molecular weight excluding hydrogens is 178 g/mol. The molecule has 1 aliphatic carbocycles. The molecule has 3 heteroatoms. The zero-order valence-corrected chi connectivity index (χ0v) is 8.56. The topological polar surface area (TPSA) is 37.4 Å². The Balaban J connectivity index is 2.16. The highest BCUT2D eigenvalue weighted by Gasteiger charge is 2.39. The number of amides is 2. The highest BCUT2D eigenvalue weighted by Crippen LogP contribution is 2.35. The van der Waals surface area contributed by atoms with Crippen LogP contribution < -0.4 is 0 Å². The predicted molar refractivity (Wildman–Crippen MR) is 52.3 cm³/mol. The molecule has 76 valence electrons. The van der Waals surface area contributed by atoms with Crippen LogP contribution in [0.3, 0.4) is 0 Å². The molecule has 1 heterocycles. The molecule has 2 amide bonds. The van der Waals surface area contributed by atoms with Gasteiger partial charge in [0.1, 0.15) is 0 Å². The van der Waals surface area contributed by atoms with Crippen LogP contribution >= 0.6 is 0 Å². The second-order valence-electron chi connectivity index (χ2n) is 4.36. The molecule has 1 aliphatic heterocycles. The number of rotatable bonds is 1. The zero-order chi connectivity index (χ0) is 10.3. The van der Waals surface area contributed by atoms with E-state index < -0.39 is 0 Å². The van der Waals surface area contributed by atoms with Crippen LogP contribution in [-0.4, -0.2) is 22.8 Å². The van der Waals surface area contributed by atoms with E-state index in [1.54, 1.807) is 0 Å². The fourth-order valence-corrected chi connectivity index (χ4v) is 2.44. The molecule has 0 aromatic rings. The van der Waals surface area contributed by atoms with Crippen LogP contribution in [0.1, 0.15) is 26.7 Å². The number of hydrogen-bond donors (Lipinski definition) is 0. The van der Waals surface area contributed by atoms with Gasteiger partial charge in [0.15, 0.2) is 0 Å². The smallest absolute Gasteiger partial charge is 0.253 e. The Bertz CT molecular complexity index is 290. The Morgan fingerprint density at radius 2 is 1.71 bits per heavy atom. The number of nitrogens with zero attached hydrogens (tertiary/aromatic N) is 1. The lowest BCUT2D eigenvalue weighted by molar-refractivity contribution is -0.140. The summed E-state index contributed by atoms with van der Waals surface area (Å²) < 4.78 is 0. The average molecular weight is 193 g/mol. The minimum atomic E-state index is -0.138. The monoisotopic (exact) mass is 193 g/mol. The molecule has 0 spiro atoms. The van der Waals surface area contributed by atoms with Gasteiger partial charge < -0.3 is 0 Å². The standard InChI is InChI=1S/C11H15NO2/c1-7-3-4-9(8(7)2)12-10(13)5-6-11(12)14/h5-9H,3-4H2,1-2H3. The van der Waals surface area contributed by atoms with Crippen LogP contribution in [0.2, 0.25) is 0 Å². The molecule has 3 unspecified atom stereocenters. The molecule has 0 radical (unpaired) electrons. The number of imide groups is 1. The third-order valence-corrected chi connectivity index (χ3v) is 3.60. The van der Waals surface area contributed by atoms with Crippen molar-refractivity contribution < 1.29 is 9.59 Å². The van der Waals surface area contributed by atoms with Crippen molar-refractivity contribution >= 4 is 11.8 Å². The number of carbonyl (C=O) groups excluding carboxylic acids is 2. The Morgan fingerprint density at radius 3 is 2.14 bits per heavy atom. The van der Waals surface area contributed by atoms with Crippen LogP contribution in [0.5, 0.6) is 0 Å². The minimum absolute atomic E-state index is 0.125. The Labute approximate surface area is 83.8 Å². The summed E-state index contributed by atoms with van der Waals surface area (Å²) in [5, 5.41) is 0. The molecule has 0 saturated heterocycles. The molecule has 1 saturated carbocycles. The zero-order valence-electron chi connectivity index (χ0n) is 8.56. The molecule has 3 nitrogen and oxygen atoms in total. The van der Waals surface area contributed by atoms with Gasteiger partial charge in [0, 0.05) is 18.2 Å². The largest absolute Gasteiger partial charge is 0.272 e.